The summed E-state index contributed by atoms with van der Waals surface area (Å²) in [4.78, 5) is 11.7. The molecular weight excluding hydrogens is 242 g/mol. The molecule has 2 aromatic rings. The maximum atomic E-state index is 11.7. The highest BCUT2D eigenvalue weighted by Gasteiger charge is 2.11. The lowest BCUT2D eigenvalue weighted by molar-refractivity contribution is -0.120. The Labute approximate surface area is 112 Å². The number of furan rings is 1. The zero-order chi connectivity index (χ0) is 13.7. The molecule has 1 atom stereocenters. The van der Waals surface area contributed by atoms with Gasteiger partial charge in [-0.1, -0.05) is 29.8 Å². The summed E-state index contributed by atoms with van der Waals surface area (Å²) in [5.41, 5.74) is 2.12. The summed E-state index contributed by atoms with van der Waals surface area (Å²) in [6.07, 6.45) is 0.995. The van der Waals surface area contributed by atoms with Crippen molar-refractivity contribution in [2.24, 2.45) is 0 Å². The average molecular weight is 259 g/mol. The largest absolute Gasteiger partial charge is 0.467 e. The molecule has 1 unspecified atom stereocenters. The van der Waals surface area contributed by atoms with E-state index >= 15 is 0 Å². The Bertz CT molecular complexity index is 517. The van der Waals surface area contributed by atoms with E-state index in [4.69, 9.17) is 4.42 Å². The van der Waals surface area contributed by atoms with E-state index in [1.165, 1.54) is 6.26 Å². The van der Waals surface area contributed by atoms with Gasteiger partial charge in [0.1, 0.15) is 11.9 Å². The van der Waals surface area contributed by atoms with Crippen LogP contribution in [0.4, 0.5) is 0 Å². The van der Waals surface area contributed by atoms with Crippen LogP contribution in [0, 0.1) is 6.92 Å². The lowest BCUT2D eigenvalue weighted by Gasteiger charge is -2.09. The number of nitrogens with one attached hydrogen (secondary N) is 1. The van der Waals surface area contributed by atoms with Crippen molar-refractivity contribution in [3.05, 3.63) is 59.5 Å². The summed E-state index contributed by atoms with van der Waals surface area (Å²) < 4.78 is 5.06. The molecule has 4 heteroatoms. The Kier molecular flexibility index (Phi) is 4.36. The van der Waals surface area contributed by atoms with Gasteiger partial charge in [0.25, 0.3) is 0 Å². The number of aliphatic hydroxyl groups excluding tert-OH is 1. The summed E-state index contributed by atoms with van der Waals surface area (Å²) in [5, 5.41) is 12.4. The predicted octanol–water partition coefficient (Wildman–Crippen LogP) is 1.98. The summed E-state index contributed by atoms with van der Waals surface area (Å²) in [6, 6.07) is 11.2. The van der Waals surface area contributed by atoms with Crippen LogP contribution < -0.4 is 5.32 Å². The summed E-state index contributed by atoms with van der Waals surface area (Å²) in [6.45, 7) is 2.15. The fourth-order valence-corrected chi connectivity index (χ4v) is 1.75. The Morgan fingerprint density at radius 3 is 2.68 bits per heavy atom. The van der Waals surface area contributed by atoms with Gasteiger partial charge in [-0.25, -0.2) is 0 Å². The monoisotopic (exact) mass is 259 g/mol. The number of rotatable bonds is 5. The summed E-state index contributed by atoms with van der Waals surface area (Å²) in [7, 11) is 0. The van der Waals surface area contributed by atoms with E-state index in [0.29, 0.717) is 12.2 Å². The van der Waals surface area contributed by atoms with Crippen LogP contribution in [0.15, 0.2) is 47.1 Å². The van der Waals surface area contributed by atoms with Crippen LogP contribution in [0.1, 0.15) is 23.0 Å². The van der Waals surface area contributed by atoms with E-state index in [2.05, 4.69) is 5.32 Å². The van der Waals surface area contributed by atoms with Crippen LogP contribution in [0.3, 0.4) is 0 Å². The molecule has 0 aliphatic heterocycles. The third kappa shape index (κ3) is 3.96. The molecule has 1 heterocycles. The normalized spacial score (nSPS) is 12.1. The number of carbonyl (C=O) groups is 1. The SMILES string of the molecule is Cc1ccc(CC(=O)NCC(O)c2ccco2)cc1. The molecule has 2 rings (SSSR count). The molecule has 1 amide bonds. The highest BCUT2D eigenvalue weighted by Crippen LogP contribution is 2.11. The number of aryl methyl sites for hydroxylation is 1. The van der Waals surface area contributed by atoms with Crippen LogP contribution in [0.25, 0.3) is 0 Å². The highest BCUT2D eigenvalue weighted by molar-refractivity contribution is 5.78. The second kappa shape index (κ2) is 6.20. The van der Waals surface area contributed by atoms with Gasteiger partial charge in [-0.3, -0.25) is 4.79 Å². The van der Waals surface area contributed by atoms with E-state index in [1.807, 2.05) is 31.2 Å². The van der Waals surface area contributed by atoms with Crippen LogP contribution in [-0.4, -0.2) is 17.6 Å². The standard InChI is InChI=1S/C15H17NO3/c1-11-4-6-12(7-5-11)9-15(18)16-10-13(17)14-3-2-8-19-14/h2-8,13,17H,9-10H2,1H3,(H,16,18). The van der Waals surface area contributed by atoms with E-state index in [-0.39, 0.29) is 12.5 Å². The summed E-state index contributed by atoms with van der Waals surface area (Å²) >= 11 is 0. The number of hydrogen-bond acceptors (Lipinski definition) is 3. The van der Waals surface area contributed by atoms with Crippen molar-refractivity contribution in [2.75, 3.05) is 6.54 Å². The molecule has 4 nitrogen and oxygen atoms in total. The van der Waals surface area contributed by atoms with Crippen molar-refractivity contribution >= 4 is 5.91 Å². The fourth-order valence-electron chi connectivity index (χ4n) is 1.75. The number of carbonyl (C=O) groups excluding carboxylic acids is 1. The molecule has 1 aromatic heterocycles. The molecule has 0 aliphatic rings. The zero-order valence-electron chi connectivity index (χ0n) is 10.8. The van der Waals surface area contributed by atoms with Gasteiger partial charge in [-0.15, -0.1) is 0 Å². The zero-order valence-corrected chi connectivity index (χ0v) is 10.8. The first kappa shape index (κ1) is 13.4. The second-order valence-corrected chi connectivity index (χ2v) is 4.50. The van der Waals surface area contributed by atoms with Gasteiger partial charge in [-0.05, 0) is 24.6 Å². The highest BCUT2D eigenvalue weighted by atomic mass is 16.4. The van der Waals surface area contributed by atoms with Crippen molar-refractivity contribution in [1.82, 2.24) is 5.32 Å². The van der Waals surface area contributed by atoms with Gasteiger partial charge < -0.3 is 14.8 Å². The van der Waals surface area contributed by atoms with Gasteiger partial charge >= 0.3 is 0 Å². The first-order valence-corrected chi connectivity index (χ1v) is 6.19. The molecule has 0 aliphatic carbocycles. The minimum Gasteiger partial charge on any atom is -0.467 e. The molecule has 0 spiro atoms. The minimum absolute atomic E-state index is 0.116. The van der Waals surface area contributed by atoms with Gasteiger partial charge in [0.15, 0.2) is 0 Å². The van der Waals surface area contributed by atoms with E-state index in [9.17, 15) is 9.90 Å². The number of hydrogen-bond donors (Lipinski definition) is 2. The van der Waals surface area contributed by atoms with Gasteiger partial charge in [0, 0.05) is 0 Å². The van der Waals surface area contributed by atoms with Gasteiger partial charge in [0.2, 0.25) is 5.91 Å². The van der Waals surface area contributed by atoms with E-state index in [0.717, 1.165) is 11.1 Å². The quantitative estimate of drug-likeness (QED) is 0.863. The van der Waals surface area contributed by atoms with E-state index < -0.39 is 6.10 Å². The first-order chi connectivity index (χ1) is 9.15. The Morgan fingerprint density at radius 2 is 2.05 bits per heavy atom. The maximum absolute atomic E-state index is 11.7. The molecular formula is C15H17NO3. The van der Waals surface area contributed by atoms with Crippen LogP contribution in [0.2, 0.25) is 0 Å². The van der Waals surface area contributed by atoms with Crippen LogP contribution in [-0.2, 0) is 11.2 Å². The predicted molar refractivity (Wildman–Crippen MR) is 71.6 cm³/mol. The third-order valence-corrected chi connectivity index (χ3v) is 2.85. The number of benzene rings is 1. The Balaban J connectivity index is 1.80. The van der Waals surface area contributed by atoms with Crippen molar-refractivity contribution in [3.63, 3.8) is 0 Å². The minimum atomic E-state index is -0.808. The Morgan fingerprint density at radius 1 is 1.32 bits per heavy atom. The molecule has 0 fully saturated rings. The summed E-state index contributed by atoms with van der Waals surface area (Å²) in [5.74, 6) is 0.338. The lowest BCUT2D eigenvalue weighted by Crippen LogP contribution is -2.29. The maximum Gasteiger partial charge on any atom is 0.224 e. The van der Waals surface area contributed by atoms with Gasteiger partial charge in [-0.2, -0.15) is 0 Å². The number of aliphatic hydroxyl groups is 1. The molecule has 19 heavy (non-hydrogen) atoms. The van der Waals surface area contributed by atoms with Crippen LogP contribution in [0.5, 0.6) is 0 Å². The Hall–Kier alpha value is -2.07. The molecule has 0 radical (unpaired) electrons. The van der Waals surface area contributed by atoms with Crippen molar-refractivity contribution < 1.29 is 14.3 Å². The van der Waals surface area contributed by atoms with Crippen LogP contribution >= 0.6 is 0 Å². The third-order valence-electron chi connectivity index (χ3n) is 2.85. The topological polar surface area (TPSA) is 62.5 Å². The van der Waals surface area contributed by atoms with Crippen molar-refractivity contribution in [3.8, 4) is 0 Å². The number of amides is 1. The molecule has 0 bridgehead atoms. The molecule has 1 aromatic carbocycles. The first-order valence-electron chi connectivity index (χ1n) is 6.19. The van der Waals surface area contributed by atoms with Crippen molar-refractivity contribution in [1.29, 1.82) is 0 Å². The fraction of sp³-hybridized carbons (Fsp3) is 0.267. The molecule has 2 N–H and O–H groups in total. The second-order valence-electron chi connectivity index (χ2n) is 4.50. The molecule has 100 valence electrons. The van der Waals surface area contributed by atoms with Gasteiger partial charge in [0.05, 0.1) is 19.2 Å². The van der Waals surface area contributed by atoms with Crippen molar-refractivity contribution in [2.45, 2.75) is 19.4 Å². The molecule has 0 saturated heterocycles. The van der Waals surface area contributed by atoms with E-state index in [1.54, 1.807) is 12.1 Å². The lowest BCUT2D eigenvalue weighted by atomic mass is 10.1. The smallest absolute Gasteiger partial charge is 0.224 e. The average Bonchev–Trinajstić information content (AvgIpc) is 2.93. The molecule has 0 saturated carbocycles.